The molecule has 5 nitrogen and oxygen atoms in total. The number of hydrogen-bond donors (Lipinski definition) is 0. The lowest BCUT2D eigenvalue weighted by Gasteiger charge is -2.37. The minimum Gasteiger partial charge on any atom is -0.375 e. The Morgan fingerprint density at radius 3 is 2.82 bits per heavy atom. The van der Waals surface area contributed by atoms with E-state index in [1.807, 2.05) is 12.4 Å². The van der Waals surface area contributed by atoms with Crippen LogP contribution in [-0.2, 0) is 11.3 Å². The highest BCUT2D eigenvalue weighted by molar-refractivity contribution is 5.09. The van der Waals surface area contributed by atoms with E-state index in [-0.39, 0.29) is 0 Å². The number of ether oxygens (including phenoxy) is 1. The summed E-state index contributed by atoms with van der Waals surface area (Å²) in [4.78, 5) is 11.5. The first kappa shape index (κ1) is 15.9. The Bertz CT molecular complexity index is 453. The highest BCUT2D eigenvalue weighted by Gasteiger charge is 2.36. The molecule has 2 aliphatic heterocycles. The molecule has 3 rings (SSSR count). The molecule has 0 bridgehead atoms. The fraction of sp³-hybridized carbons (Fsp3) is 0.706. The molecule has 122 valence electrons. The molecule has 1 aromatic heterocycles. The fourth-order valence-electron chi connectivity index (χ4n) is 3.47. The number of nitrogens with zero attached hydrogens (tertiary/aromatic N) is 4. The average Bonchev–Trinajstić information content (AvgIpc) is 2.90. The molecule has 0 saturated carbocycles. The highest BCUT2D eigenvalue weighted by Crippen LogP contribution is 2.24. The summed E-state index contributed by atoms with van der Waals surface area (Å²) in [6.07, 6.45) is 5.37. The van der Waals surface area contributed by atoms with Crippen LogP contribution < -0.4 is 0 Å². The van der Waals surface area contributed by atoms with E-state index in [0.717, 1.165) is 39.3 Å². The number of pyridine rings is 1. The minimum atomic E-state index is 0.422. The summed E-state index contributed by atoms with van der Waals surface area (Å²) in [6.45, 7) is 7.50. The van der Waals surface area contributed by atoms with Gasteiger partial charge in [0.2, 0.25) is 0 Å². The van der Waals surface area contributed by atoms with Gasteiger partial charge < -0.3 is 9.64 Å². The van der Waals surface area contributed by atoms with E-state index in [2.05, 4.69) is 45.9 Å². The van der Waals surface area contributed by atoms with Crippen LogP contribution in [-0.4, -0.2) is 85.3 Å². The molecule has 0 unspecified atom stereocenters. The molecule has 2 fully saturated rings. The van der Waals surface area contributed by atoms with Gasteiger partial charge in [-0.05, 0) is 38.2 Å². The molecular weight excluding hydrogens is 276 g/mol. The minimum absolute atomic E-state index is 0.422. The third-order valence-corrected chi connectivity index (χ3v) is 4.71. The van der Waals surface area contributed by atoms with Crippen molar-refractivity contribution < 1.29 is 4.74 Å². The van der Waals surface area contributed by atoms with Crippen molar-refractivity contribution in [3.8, 4) is 0 Å². The smallest absolute Gasteiger partial charge is 0.0718 e. The maximum atomic E-state index is 6.05. The molecule has 2 aliphatic rings. The summed E-state index contributed by atoms with van der Waals surface area (Å²) in [5.74, 6) is 0. The molecule has 22 heavy (non-hydrogen) atoms. The van der Waals surface area contributed by atoms with Gasteiger partial charge in [0.05, 0.1) is 12.7 Å². The van der Waals surface area contributed by atoms with E-state index in [1.54, 1.807) is 0 Å². The number of fused-ring (bicyclic) bond motifs is 1. The molecule has 5 heteroatoms. The van der Waals surface area contributed by atoms with Crippen molar-refractivity contribution >= 4 is 0 Å². The average molecular weight is 304 g/mol. The molecule has 3 heterocycles. The van der Waals surface area contributed by atoms with Gasteiger partial charge >= 0.3 is 0 Å². The third-order valence-electron chi connectivity index (χ3n) is 4.71. The maximum Gasteiger partial charge on any atom is 0.0718 e. The normalized spacial score (nSPS) is 26.5. The van der Waals surface area contributed by atoms with Crippen LogP contribution in [0.15, 0.2) is 24.5 Å². The second kappa shape index (κ2) is 7.51. The predicted octanol–water partition coefficient (Wildman–Crippen LogP) is 0.918. The van der Waals surface area contributed by atoms with E-state index in [1.165, 1.54) is 18.5 Å². The van der Waals surface area contributed by atoms with Crippen LogP contribution in [0.4, 0.5) is 0 Å². The quantitative estimate of drug-likeness (QED) is 0.780. The van der Waals surface area contributed by atoms with E-state index < -0.39 is 0 Å². The lowest BCUT2D eigenvalue weighted by atomic mass is 10.1. The second-order valence-corrected chi connectivity index (χ2v) is 6.77. The summed E-state index contributed by atoms with van der Waals surface area (Å²) in [6, 6.07) is 4.91. The molecule has 0 amide bonds. The number of rotatable bonds is 6. The number of piperazine rings is 1. The van der Waals surface area contributed by atoms with Crippen molar-refractivity contribution in [1.29, 1.82) is 0 Å². The summed E-state index contributed by atoms with van der Waals surface area (Å²) in [5.41, 5.74) is 1.36. The van der Waals surface area contributed by atoms with E-state index in [4.69, 9.17) is 4.74 Å². The Morgan fingerprint density at radius 1 is 1.23 bits per heavy atom. The van der Waals surface area contributed by atoms with Crippen molar-refractivity contribution in [2.24, 2.45) is 0 Å². The molecular formula is C17H28N4O. The molecule has 0 aromatic carbocycles. The van der Waals surface area contributed by atoms with Crippen molar-refractivity contribution in [3.63, 3.8) is 0 Å². The van der Waals surface area contributed by atoms with Gasteiger partial charge in [-0.1, -0.05) is 0 Å². The molecule has 1 aromatic rings. The van der Waals surface area contributed by atoms with Crippen LogP contribution in [0.5, 0.6) is 0 Å². The van der Waals surface area contributed by atoms with Crippen LogP contribution in [0.1, 0.15) is 12.0 Å². The van der Waals surface area contributed by atoms with Gasteiger partial charge in [-0.2, -0.15) is 0 Å². The third kappa shape index (κ3) is 4.26. The Morgan fingerprint density at radius 2 is 2.05 bits per heavy atom. The van der Waals surface area contributed by atoms with Crippen molar-refractivity contribution in [2.75, 3.05) is 53.4 Å². The summed E-state index contributed by atoms with van der Waals surface area (Å²) in [7, 11) is 4.19. The van der Waals surface area contributed by atoms with Crippen molar-refractivity contribution in [2.45, 2.75) is 25.1 Å². The zero-order valence-electron chi connectivity index (χ0n) is 13.8. The first-order valence-electron chi connectivity index (χ1n) is 8.32. The van der Waals surface area contributed by atoms with Gasteiger partial charge in [0, 0.05) is 57.7 Å². The summed E-state index contributed by atoms with van der Waals surface area (Å²) >= 11 is 0. The van der Waals surface area contributed by atoms with Gasteiger partial charge in [-0.25, -0.2) is 0 Å². The number of hydrogen-bond acceptors (Lipinski definition) is 5. The number of likely N-dealkylation sites (N-methyl/N-ethyl adjacent to an activating group) is 1. The second-order valence-electron chi connectivity index (χ2n) is 6.77. The van der Waals surface area contributed by atoms with Crippen LogP contribution in [0.2, 0.25) is 0 Å². The molecule has 0 spiro atoms. The largest absolute Gasteiger partial charge is 0.375 e. The number of aromatic nitrogens is 1. The molecule has 2 saturated heterocycles. The first-order chi connectivity index (χ1) is 10.7. The highest BCUT2D eigenvalue weighted by atomic mass is 16.5. The lowest BCUT2D eigenvalue weighted by Crippen LogP contribution is -2.49. The zero-order chi connectivity index (χ0) is 15.4. The molecule has 2 atom stereocenters. The molecule has 0 radical (unpaired) electrons. The SMILES string of the molecule is CN(C)CCO[C@H]1C[C@@H]2CN(Cc3ccncc3)CCN2C1. The molecule has 0 aliphatic carbocycles. The Kier molecular flexibility index (Phi) is 5.41. The van der Waals surface area contributed by atoms with Crippen LogP contribution in [0.25, 0.3) is 0 Å². The standard InChI is InChI=1S/C17H28N4O/c1-19(2)9-10-22-17-11-16-13-20(7-8-21(16)14-17)12-15-3-5-18-6-4-15/h3-6,16-17H,7-14H2,1-2H3/t16-,17+/m1/s1. The molecule has 0 N–H and O–H groups in total. The van der Waals surface area contributed by atoms with Crippen molar-refractivity contribution in [1.82, 2.24) is 19.7 Å². The Hall–Kier alpha value is -1.01. The van der Waals surface area contributed by atoms with Gasteiger partial charge in [-0.3, -0.25) is 14.8 Å². The maximum absolute atomic E-state index is 6.05. The Balaban J connectivity index is 1.45. The monoisotopic (exact) mass is 304 g/mol. The summed E-state index contributed by atoms with van der Waals surface area (Å²) in [5, 5.41) is 0. The van der Waals surface area contributed by atoms with Gasteiger partial charge in [-0.15, -0.1) is 0 Å². The van der Waals surface area contributed by atoms with Gasteiger partial charge in [0.15, 0.2) is 0 Å². The Labute approximate surface area is 133 Å². The van der Waals surface area contributed by atoms with Crippen LogP contribution in [0, 0.1) is 0 Å². The van der Waals surface area contributed by atoms with E-state index >= 15 is 0 Å². The topological polar surface area (TPSA) is 31.8 Å². The van der Waals surface area contributed by atoms with Gasteiger partial charge in [0.25, 0.3) is 0 Å². The summed E-state index contributed by atoms with van der Waals surface area (Å²) < 4.78 is 6.05. The van der Waals surface area contributed by atoms with E-state index in [0.29, 0.717) is 12.1 Å². The fourth-order valence-corrected chi connectivity index (χ4v) is 3.47. The lowest BCUT2D eigenvalue weighted by molar-refractivity contribution is 0.0489. The predicted molar refractivity (Wildman–Crippen MR) is 87.8 cm³/mol. The first-order valence-corrected chi connectivity index (χ1v) is 8.32. The van der Waals surface area contributed by atoms with E-state index in [9.17, 15) is 0 Å². The zero-order valence-corrected chi connectivity index (χ0v) is 13.8. The van der Waals surface area contributed by atoms with Crippen LogP contribution >= 0.6 is 0 Å². The van der Waals surface area contributed by atoms with Gasteiger partial charge in [0.1, 0.15) is 0 Å². The van der Waals surface area contributed by atoms with Crippen molar-refractivity contribution in [3.05, 3.63) is 30.1 Å². The van der Waals surface area contributed by atoms with Crippen LogP contribution in [0.3, 0.4) is 0 Å².